The number of aryl methyl sites for hydroxylation is 1. The van der Waals surface area contributed by atoms with Gasteiger partial charge in [0.25, 0.3) is 0 Å². The van der Waals surface area contributed by atoms with E-state index in [1.807, 2.05) is 6.07 Å². The van der Waals surface area contributed by atoms with Gasteiger partial charge in [0.15, 0.2) is 0 Å². The summed E-state index contributed by atoms with van der Waals surface area (Å²) < 4.78 is 12.6. The highest BCUT2D eigenvalue weighted by molar-refractivity contribution is 5.30. The molecule has 0 N–H and O–H groups in total. The number of hydrogen-bond donors (Lipinski definition) is 0. The number of hydrogen-bond acceptors (Lipinski definition) is 6. The minimum atomic E-state index is 0.157. The molecule has 1 unspecified atom stereocenters. The Kier molecular flexibility index (Phi) is 4.81. The zero-order chi connectivity index (χ0) is 17.9. The lowest BCUT2D eigenvalue weighted by Gasteiger charge is -2.35. The van der Waals surface area contributed by atoms with Crippen molar-refractivity contribution in [3.8, 4) is 0 Å². The molecule has 2 aromatic heterocycles. The van der Waals surface area contributed by atoms with Crippen LogP contribution in [0.2, 0.25) is 0 Å². The minimum absolute atomic E-state index is 0.157. The van der Waals surface area contributed by atoms with Crippen molar-refractivity contribution >= 4 is 0 Å². The lowest BCUT2D eigenvalue weighted by Crippen LogP contribution is -2.39. The first-order valence-corrected chi connectivity index (χ1v) is 8.88. The van der Waals surface area contributed by atoms with Crippen LogP contribution < -0.4 is 0 Å². The fraction of sp³-hybridized carbons (Fsp3) is 0.421. The normalized spacial score (nSPS) is 18.3. The first-order valence-electron chi connectivity index (χ1n) is 8.88. The molecule has 0 aliphatic carbocycles. The lowest BCUT2D eigenvalue weighted by molar-refractivity contribution is -0.0141. The molecule has 1 aliphatic heterocycles. The monoisotopic (exact) mass is 353 g/mol. The second-order valence-corrected chi connectivity index (χ2v) is 6.69. The van der Waals surface area contributed by atoms with E-state index in [0.29, 0.717) is 13.2 Å². The highest BCUT2D eigenvalue weighted by Crippen LogP contribution is 2.30. The Balaban J connectivity index is 1.61. The molecule has 1 aliphatic rings. The van der Waals surface area contributed by atoms with E-state index in [1.165, 1.54) is 16.8 Å². The highest BCUT2D eigenvalue weighted by Gasteiger charge is 2.30. The molecule has 3 aromatic rings. The van der Waals surface area contributed by atoms with Crippen molar-refractivity contribution in [2.45, 2.75) is 33.0 Å². The van der Waals surface area contributed by atoms with Crippen LogP contribution in [0, 0.1) is 13.8 Å². The van der Waals surface area contributed by atoms with Gasteiger partial charge >= 0.3 is 0 Å². The molecule has 0 radical (unpaired) electrons. The summed E-state index contributed by atoms with van der Waals surface area (Å²) in [6.45, 7) is 7.91. The van der Waals surface area contributed by atoms with Gasteiger partial charge in [-0.3, -0.25) is 9.58 Å². The molecule has 26 heavy (non-hydrogen) atoms. The van der Waals surface area contributed by atoms with Crippen molar-refractivity contribution in [1.82, 2.24) is 25.0 Å². The van der Waals surface area contributed by atoms with E-state index < -0.39 is 0 Å². The molecule has 0 bridgehead atoms. The lowest BCUT2D eigenvalue weighted by atomic mass is 10.0. The summed E-state index contributed by atoms with van der Waals surface area (Å²) >= 11 is 0. The van der Waals surface area contributed by atoms with Crippen molar-refractivity contribution in [2.75, 3.05) is 19.8 Å². The van der Waals surface area contributed by atoms with Crippen LogP contribution in [0.3, 0.4) is 0 Å². The summed E-state index contributed by atoms with van der Waals surface area (Å²) in [7, 11) is 0. The first-order chi connectivity index (χ1) is 12.7. The van der Waals surface area contributed by atoms with Crippen LogP contribution in [0.1, 0.15) is 34.3 Å². The highest BCUT2D eigenvalue weighted by atomic mass is 16.6. The Hall–Kier alpha value is -2.51. The first kappa shape index (κ1) is 16.9. The molecule has 1 saturated heterocycles. The number of nitrogens with zero attached hydrogens (tertiary/aromatic N) is 5. The number of ether oxygens (including phenoxy) is 1. The van der Waals surface area contributed by atoms with Gasteiger partial charge < -0.3 is 4.74 Å². The molecule has 7 heteroatoms. The van der Waals surface area contributed by atoms with Crippen LogP contribution in [-0.4, -0.2) is 44.8 Å². The molecule has 0 spiro atoms. The molecule has 1 atom stereocenters. The van der Waals surface area contributed by atoms with E-state index in [2.05, 4.69) is 58.0 Å². The molecule has 1 fully saturated rings. The minimum Gasteiger partial charge on any atom is -0.378 e. The second kappa shape index (κ2) is 7.39. The van der Waals surface area contributed by atoms with Gasteiger partial charge in [-0.2, -0.15) is 5.10 Å². The van der Waals surface area contributed by atoms with E-state index >= 15 is 0 Å². The van der Waals surface area contributed by atoms with Crippen molar-refractivity contribution in [1.29, 1.82) is 0 Å². The summed E-state index contributed by atoms with van der Waals surface area (Å²) in [6.07, 6.45) is 1.67. The quantitative estimate of drug-likeness (QED) is 0.702. The van der Waals surface area contributed by atoms with Crippen LogP contribution in [0.25, 0.3) is 0 Å². The van der Waals surface area contributed by atoms with Crippen LogP contribution >= 0.6 is 0 Å². The van der Waals surface area contributed by atoms with Crippen molar-refractivity contribution in [3.05, 3.63) is 64.7 Å². The molecule has 0 saturated carbocycles. The van der Waals surface area contributed by atoms with Gasteiger partial charge in [0.2, 0.25) is 0 Å². The van der Waals surface area contributed by atoms with Gasteiger partial charge in [-0.1, -0.05) is 40.6 Å². The van der Waals surface area contributed by atoms with Gasteiger partial charge in [-0.25, -0.2) is 4.63 Å². The average Bonchev–Trinajstić information content (AvgIpc) is 3.25. The zero-order valence-electron chi connectivity index (χ0n) is 15.1. The van der Waals surface area contributed by atoms with E-state index in [1.54, 1.807) is 6.20 Å². The maximum absolute atomic E-state index is 5.79. The maximum Gasteiger partial charge on any atom is 0.119 e. The third-order valence-electron chi connectivity index (χ3n) is 4.96. The third-order valence-corrected chi connectivity index (χ3v) is 4.96. The van der Waals surface area contributed by atoms with E-state index in [0.717, 1.165) is 31.1 Å². The standard InChI is InChI=1S/C19H23N5O2/c1-14-19(15(2)24(21-14)11-16-6-4-3-5-7-16)18-13-25-9-8-23(18)12-17-10-20-26-22-17/h3-7,10,18H,8-9,11-13H2,1-2H3. The second-order valence-electron chi connectivity index (χ2n) is 6.69. The van der Waals surface area contributed by atoms with Crippen molar-refractivity contribution < 1.29 is 9.37 Å². The SMILES string of the molecule is Cc1nn(Cc2ccccc2)c(C)c1C1COCCN1Cc1cnon1. The number of benzene rings is 1. The fourth-order valence-electron chi connectivity index (χ4n) is 3.66. The van der Waals surface area contributed by atoms with E-state index in [9.17, 15) is 0 Å². The van der Waals surface area contributed by atoms with Crippen LogP contribution in [0.4, 0.5) is 0 Å². The molecule has 7 nitrogen and oxygen atoms in total. The number of morpholine rings is 1. The summed E-state index contributed by atoms with van der Waals surface area (Å²) in [5, 5.41) is 12.5. The molecular formula is C19H23N5O2. The van der Waals surface area contributed by atoms with Gasteiger partial charge in [0.05, 0.1) is 37.7 Å². The van der Waals surface area contributed by atoms with Gasteiger partial charge in [0.1, 0.15) is 5.69 Å². The molecule has 0 amide bonds. The third kappa shape index (κ3) is 3.40. The van der Waals surface area contributed by atoms with Gasteiger partial charge in [-0.15, -0.1) is 0 Å². The summed E-state index contributed by atoms with van der Waals surface area (Å²) in [5.41, 5.74) is 5.57. The maximum atomic E-state index is 5.79. The molecule has 3 heterocycles. The average molecular weight is 353 g/mol. The Bertz CT molecular complexity index is 844. The predicted octanol–water partition coefficient (Wildman–Crippen LogP) is 2.50. The Labute approximate surface area is 152 Å². The van der Waals surface area contributed by atoms with E-state index in [-0.39, 0.29) is 6.04 Å². The Morgan fingerprint density at radius 1 is 1.15 bits per heavy atom. The van der Waals surface area contributed by atoms with Crippen LogP contribution in [0.15, 0.2) is 41.2 Å². The van der Waals surface area contributed by atoms with E-state index in [4.69, 9.17) is 14.5 Å². The van der Waals surface area contributed by atoms with Crippen LogP contribution in [-0.2, 0) is 17.8 Å². The van der Waals surface area contributed by atoms with Crippen molar-refractivity contribution in [2.24, 2.45) is 0 Å². The topological polar surface area (TPSA) is 69.2 Å². The molecule has 136 valence electrons. The van der Waals surface area contributed by atoms with Gasteiger partial charge in [-0.05, 0) is 19.4 Å². The largest absolute Gasteiger partial charge is 0.378 e. The fourth-order valence-corrected chi connectivity index (χ4v) is 3.66. The summed E-state index contributed by atoms with van der Waals surface area (Å²) in [6, 6.07) is 10.6. The molecule has 4 rings (SSSR count). The van der Waals surface area contributed by atoms with Gasteiger partial charge in [0, 0.05) is 24.3 Å². The number of rotatable bonds is 5. The summed E-state index contributed by atoms with van der Waals surface area (Å²) in [4.78, 5) is 2.37. The summed E-state index contributed by atoms with van der Waals surface area (Å²) in [5.74, 6) is 0. The van der Waals surface area contributed by atoms with Crippen molar-refractivity contribution in [3.63, 3.8) is 0 Å². The molecular weight excluding hydrogens is 330 g/mol. The molecule has 1 aromatic carbocycles. The zero-order valence-corrected chi connectivity index (χ0v) is 15.1. The predicted molar refractivity (Wildman–Crippen MR) is 95.5 cm³/mol. The Morgan fingerprint density at radius 3 is 2.77 bits per heavy atom. The van der Waals surface area contributed by atoms with Crippen LogP contribution in [0.5, 0.6) is 0 Å². The smallest absolute Gasteiger partial charge is 0.119 e. The Morgan fingerprint density at radius 2 is 2.00 bits per heavy atom. The number of aromatic nitrogens is 4.